The van der Waals surface area contributed by atoms with Gasteiger partial charge in [0.15, 0.2) is 24.5 Å². The molecule has 258 valence electrons. The number of esters is 3. The maximum absolute atomic E-state index is 13.0. The predicted octanol–water partition coefficient (Wildman–Crippen LogP) is 2.04. The number of hydrogen-bond acceptors (Lipinski definition) is 12. The van der Waals surface area contributed by atoms with Crippen LogP contribution < -0.4 is 10.6 Å². The minimum absolute atomic E-state index is 0.0722. The molecule has 2 aliphatic rings. The summed E-state index contributed by atoms with van der Waals surface area (Å²) in [7, 11) is 0. The maximum Gasteiger partial charge on any atom is 0.407 e. The highest BCUT2D eigenvalue weighted by Crippen LogP contribution is 2.44. The van der Waals surface area contributed by atoms with Gasteiger partial charge in [0.1, 0.15) is 25.4 Å². The SMILES string of the molecule is CC(=O)N[C@H]1C(OC(C)=O)[C@H](OC(C)=O)C(COC(C)=O)O[C@H]1OC(C)[C@@H](NC(=O)OCC1c2ccccc2-c2ccccc21)C(=O)O. The fourth-order valence-electron chi connectivity index (χ4n) is 5.84. The zero-order chi connectivity index (χ0) is 35.1. The molecule has 3 N–H and O–H groups in total. The molecule has 2 aromatic rings. The van der Waals surface area contributed by atoms with Crippen LogP contribution in [0.4, 0.5) is 4.79 Å². The van der Waals surface area contributed by atoms with E-state index in [1.54, 1.807) is 0 Å². The lowest BCUT2D eigenvalue weighted by atomic mass is 9.95. The largest absolute Gasteiger partial charge is 0.480 e. The Kier molecular flexibility index (Phi) is 11.7. The summed E-state index contributed by atoms with van der Waals surface area (Å²) < 4.78 is 33.2. The molecule has 3 unspecified atom stereocenters. The molecular formula is C33H38N2O13. The third-order valence-corrected chi connectivity index (χ3v) is 7.77. The molecule has 1 saturated heterocycles. The first kappa shape index (κ1) is 35.8. The standard InChI is InChI=1S/C33H38N2O13/c1-16(27(31(40)41)35-33(42)44-14-25-23-12-8-6-10-21(23)22-11-7-9-13-24(22)25)45-32-28(34-17(2)36)30(47-20(5)39)29(46-19(4)38)26(48-32)15-43-18(3)37/h6-13,16,25-30,32H,14-15H2,1-5H3,(H,34,36)(H,35,42)(H,40,41)/t16?,26?,27-,28+,29-,30?,32-/m1/s1. The van der Waals surface area contributed by atoms with Crippen LogP contribution in [-0.2, 0) is 52.4 Å². The van der Waals surface area contributed by atoms with Crippen LogP contribution in [0.1, 0.15) is 51.7 Å². The average Bonchev–Trinajstić information content (AvgIpc) is 3.33. The van der Waals surface area contributed by atoms with Gasteiger partial charge in [-0.3, -0.25) is 19.2 Å². The zero-order valence-corrected chi connectivity index (χ0v) is 27.0. The van der Waals surface area contributed by atoms with Gasteiger partial charge in [0.05, 0.1) is 6.10 Å². The number of carbonyl (C=O) groups excluding carboxylic acids is 5. The molecular weight excluding hydrogens is 632 g/mol. The van der Waals surface area contributed by atoms with E-state index in [9.17, 15) is 33.9 Å². The second-order valence-electron chi connectivity index (χ2n) is 11.3. The Bertz CT molecular complexity index is 1500. The molecule has 4 rings (SSSR count). The summed E-state index contributed by atoms with van der Waals surface area (Å²) in [5, 5.41) is 14.9. The van der Waals surface area contributed by atoms with E-state index in [0.717, 1.165) is 49.9 Å². The van der Waals surface area contributed by atoms with Crippen LogP contribution >= 0.6 is 0 Å². The van der Waals surface area contributed by atoms with Crippen molar-refractivity contribution in [1.29, 1.82) is 0 Å². The van der Waals surface area contributed by atoms with Crippen LogP contribution in [0.15, 0.2) is 48.5 Å². The van der Waals surface area contributed by atoms with Gasteiger partial charge in [0, 0.05) is 33.6 Å². The summed E-state index contributed by atoms with van der Waals surface area (Å²) in [5.74, 6) is -4.67. The Morgan fingerprint density at radius 2 is 1.35 bits per heavy atom. The minimum Gasteiger partial charge on any atom is -0.480 e. The second-order valence-corrected chi connectivity index (χ2v) is 11.3. The fraction of sp³-hybridized carbons (Fsp3) is 0.455. The third kappa shape index (κ3) is 8.66. The molecule has 1 aliphatic heterocycles. The van der Waals surface area contributed by atoms with Crippen molar-refractivity contribution >= 4 is 35.9 Å². The summed E-state index contributed by atoms with van der Waals surface area (Å²) in [6.07, 6.45) is -7.98. The van der Waals surface area contributed by atoms with E-state index in [1.165, 1.54) is 6.92 Å². The van der Waals surface area contributed by atoms with Gasteiger partial charge in [0.25, 0.3) is 0 Å². The molecule has 1 aliphatic carbocycles. The lowest BCUT2D eigenvalue weighted by Gasteiger charge is -2.45. The molecule has 15 heteroatoms. The van der Waals surface area contributed by atoms with Crippen molar-refractivity contribution in [1.82, 2.24) is 10.6 Å². The quantitative estimate of drug-likeness (QED) is 0.219. The van der Waals surface area contributed by atoms with Crippen LogP contribution in [0.3, 0.4) is 0 Å². The number of benzene rings is 2. The van der Waals surface area contributed by atoms with E-state index >= 15 is 0 Å². The molecule has 7 atom stereocenters. The highest BCUT2D eigenvalue weighted by atomic mass is 16.7. The number of ether oxygens (including phenoxy) is 6. The molecule has 0 spiro atoms. The van der Waals surface area contributed by atoms with E-state index in [-0.39, 0.29) is 12.5 Å². The number of hydrogen-bond donors (Lipinski definition) is 3. The molecule has 15 nitrogen and oxygen atoms in total. The summed E-state index contributed by atoms with van der Waals surface area (Å²) in [4.78, 5) is 73.2. The van der Waals surface area contributed by atoms with Gasteiger partial charge in [-0.2, -0.15) is 0 Å². The van der Waals surface area contributed by atoms with E-state index in [1.807, 2.05) is 48.5 Å². The summed E-state index contributed by atoms with van der Waals surface area (Å²) >= 11 is 0. The predicted molar refractivity (Wildman–Crippen MR) is 164 cm³/mol. The van der Waals surface area contributed by atoms with E-state index in [4.69, 9.17) is 28.4 Å². The molecule has 2 amide bonds. The minimum atomic E-state index is -1.69. The lowest BCUT2D eigenvalue weighted by molar-refractivity contribution is -0.287. The first-order valence-electron chi connectivity index (χ1n) is 15.2. The van der Waals surface area contributed by atoms with Gasteiger partial charge in [-0.05, 0) is 29.2 Å². The van der Waals surface area contributed by atoms with E-state index < -0.39 is 85.3 Å². The number of carboxylic acids is 1. The van der Waals surface area contributed by atoms with Crippen LogP contribution in [0, 0.1) is 0 Å². The Hall–Kier alpha value is -5.02. The summed E-state index contributed by atoms with van der Waals surface area (Å²) in [6.45, 7) is 5.26. The van der Waals surface area contributed by atoms with Crippen molar-refractivity contribution in [3.63, 3.8) is 0 Å². The Morgan fingerprint density at radius 1 is 0.792 bits per heavy atom. The number of nitrogens with one attached hydrogen (secondary N) is 2. The lowest BCUT2D eigenvalue weighted by Crippen LogP contribution is -2.67. The number of carbonyl (C=O) groups is 6. The van der Waals surface area contributed by atoms with Crippen LogP contribution in [0.2, 0.25) is 0 Å². The van der Waals surface area contributed by atoms with Crippen molar-refractivity contribution < 1.29 is 62.3 Å². The molecule has 0 aromatic heterocycles. The van der Waals surface area contributed by atoms with Gasteiger partial charge >= 0.3 is 30.0 Å². The fourth-order valence-corrected chi connectivity index (χ4v) is 5.84. The van der Waals surface area contributed by atoms with Crippen molar-refractivity contribution in [2.24, 2.45) is 0 Å². The van der Waals surface area contributed by atoms with Crippen LogP contribution in [0.5, 0.6) is 0 Å². The Balaban J connectivity index is 1.52. The number of alkyl carbamates (subject to hydrolysis) is 1. The normalized spacial score (nSPS) is 22.6. The van der Waals surface area contributed by atoms with E-state index in [0.29, 0.717) is 0 Å². The smallest absolute Gasteiger partial charge is 0.407 e. The monoisotopic (exact) mass is 670 g/mol. The third-order valence-electron chi connectivity index (χ3n) is 7.77. The van der Waals surface area contributed by atoms with E-state index in [2.05, 4.69) is 10.6 Å². The molecule has 48 heavy (non-hydrogen) atoms. The highest BCUT2D eigenvalue weighted by molar-refractivity contribution is 5.81. The Morgan fingerprint density at radius 3 is 1.88 bits per heavy atom. The first-order chi connectivity index (χ1) is 22.8. The van der Waals surface area contributed by atoms with Gasteiger partial charge in [-0.25, -0.2) is 9.59 Å². The van der Waals surface area contributed by atoms with Gasteiger partial charge in [-0.15, -0.1) is 0 Å². The number of aliphatic carboxylic acids is 1. The van der Waals surface area contributed by atoms with Crippen LogP contribution in [-0.4, -0.2) is 97.0 Å². The van der Waals surface area contributed by atoms with Crippen LogP contribution in [0.25, 0.3) is 11.1 Å². The average molecular weight is 671 g/mol. The number of rotatable bonds is 12. The van der Waals surface area contributed by atoms with Gasteiger partial charge in [0.2, 0.25) is 5.91 Å². The maximum atomic E-state index is 13.0. The van der Waals surface area contributed by atoms with Crippen molar-refractivity contribution in [2.45, 2.75) is 83.3 Å². The van der Waals surface area contributed by atoms with Crippen molar-refractivity contribution in [2.75, 3.05) is 13.2 Å². The van der Waals surface area contributed by atoms with Gasteiger partial charge < -0.3 is 44.2 Å². The number of fused-ring (bicyclic) bond motifs is 3. The number of carboxylic acid groups (broad SMARTS) is 1. The zero-order valence-electron chi connectivity index (χ0n) is 27.0. The van der Waals surface area contributed by atoms with Crippen molar-refractivity contribution in [3.05, 3.63) is 59.7 Å². The molecule has 1 heterocycles. The molecule has 0 radical (unpaired) electrons. The van der Waals surface area contributed by atoms with Crippen molar-refractivity contribution in [3.8, 4) is 11.1 Å². The highest BCUT2D eigenvalue weighted by Gasteiger charge is 2.52. The first-order valence-corrected chi connectivity index (χ1v) is 15.2. The summed E-state index contributed by atoms with van der Waals surface area (Å²) in [6, 6.07) is 12.4. The molecule has 2 aromatic carbocycles. The molecule has 0 saturated carbocycles. The Labute approximate surface area is 276 Å². The molecule has 1 fully saturated rings. The summed E-state index contributed by atoms with van der Waals surface area (Å²) in [5.41, 5.74) is 3.97. The second kappa shape index (κ2) is 15.7. The van der Waals surface area contributed by atoms with Gasteiger partial charge in [-0.1, -0.05) is 48.5 Å². The topological polar surface area (TPSA) is 202 Å². The molecule has 0 bridgehead atoms. The number of amides is 2.